The molecular formula is C12H15BF3NO4. The van der Waals surface area contributed by atoms with Gasteiger partial charge in [0.2, 0.25) is 0 Å². The van der Waals surface area contributed by atoms with Gasteiger partial charge in [0.1, 0.15) is 5.75 Å². The molecule has 21 heavy (non-hydrogen) atoms. The number of benzene rings is 1. The first-order valence-corrected chi connectivity index (χ1v) is 6.40. The number of halogens is 3. The Morgan fingerprint density at radius 1 is 1.24 bits per heavy atom. The van der Waals surface area contributed by atoms with E-state index < -0.39 is 13.5 Å². The molecule has 1 saturated heterocycles. The van der Waals surface area contributed by atoms with E-state index in [9.17, 15) is 13.2 Å². The molecule has 1 fully saturated rings. The van der Waals surface area contributed by atoms with Crippen LogP contribution in [0, 0.1) is 0 Å². The molecule has 1 aromatic rings. The van der Waals surface area contributed by atoms with Gasteiger partial charge in [0.15, 0.2) is 0 Å². The third kappa shape index (κ3) is 4.89. The largest absolute Gasteiger partial charge is 0.573 e. The van der Waals surface area contributed by atoms with Crippen molar-refractivity contribution in [3.8, 4) is 5.75 Å². The van der Waals surface area contributed by atoms with Crippen LogP contribution in [0.15, 0.2) is 18.2 Å². The molecule has 0 aromatic heterocycles. The average molecular weight is 305 g/mol. The molecule has 0 spiro atoms. The van der Waals surface area contributed by atoms with Gasteiger partial charge in [0.05, 0.1) is 13.2 Å². The summed E-state index contributed by atoms with van der Waals surface area (Å²) in [7, 11) is -1.74. The maximum atomic E-state index is 12.4. The molecule has 0 atom stereocenters. The van der Waals surface area contributed by atoms with E-state index in [0.29, 0.717) is 26.3 Å². The molecule has 0 aliphatic carbocycles. The Bertz CT molecular complexity index is 478. The lowest BCUT2D eigenvalue weighted by Gasteiger charge is -2.27. The van der Waals surface area contributed by atoms with Crippen molar-refractivity contribution in [1.82, 2.24) is 4.90 Å². The standard InChI is InChI=1S/C12H15BF3NO4/c14-12(15,16)21-11-2-1-10(13(18)19)7-9(11)8-17-3-5-20-6-4-17/h1-2,7,18-19H,3-6,8H2. The average Bonchev–Trinajstić information content (AvgIpc) is 2.40. The molecule has 0 unspecified atom stereocenters. The number of morpholine rings is 1. The maximum absolute atomic E-state index is 12.4. The minimum absolute atomic E-state index is 0.118. The normalized spacial score (nSPS) is 16.8. The van der Waals surface area contributed by atoms with Gasteiger partial charge in [-0.2, -0.15) is 0 Å². The van der Waals surface area contributed by atoms with Crippen molar-refractivity contribution in [1.29, 1.82) is 0 Å². The summed E-state index contributed by atoms with van der Waals surface area (Å²) in [5.41, 5.74) is 0.368. The highest BCUT2D eigenvalue weighted by atomic mass is 19.4. The van der Waals surface area contributed by atoms with Crippen LogP contribution in [-0.2, 0) is 11.3 Å². The topological polar surface area (TPSA) is 62.2 Å². The fourth-order valence-corrected chi connectivity index (χ4v) is 2.11. The van der Waals surface area contributed by atoms with Crippen molar-refractivity contribution in [3.63, 3.8) is 0 Å². The summed E-state index contributed by atoms with van der Waals surface area (Å²) in [6, 6.07) is 3.59. The Balaban J connectivity index is 2.22. The summed E-state index contributed by atoms with van der Waals surface area (Å²) in [6.07, 6.45) is -4.79. The molecule has 5 nitrogen and oxygen atoms in total. The molecule has 0 amide bonds. The van der Waals surface area contributed by atoms with E-state index in [1.54, 1.807) is 0 Å². The van der Waals surface area contributed by atoms with Crippen LogP contribution in [0.1, 0.15) is 5.56 Å². The van der Waals surface area contributed by atoms with Crippen LogP contribution in [0.4, 0.5) is 13.2 Å². The van der Waals surface area contributed by atoms with Crippen LogP contribution >= 0.6 is 0 Å². The van der Waals surface area contributed by atoms with Crippen LogP contribution < -0.4 is 10.2 Å². The second-order valence-corrected chi connectivity index (χ2v) is 4.68. The predicted molar refractivity (Wildman–Crippen MR) is 69.0 cm³/mol. The fourth-order valence-electron chi connectivity index (χ4n) is 2.11. The third-order valence-corrected chi connectivity index (χ3v) is 3.11. The number of alkyl halides is 3. The highest BCUT2D eigenvalue weighted by Crippen LogP contribution is 2.27. The van der Waals surface area contributed by atoms with Crippen molar-refractivity contribution < 1.29 is 32.7 Å². The first-order chi connectivity index (χ1) is 9.85. The van der Waals surface area contributed by atoms with Gasteiger partial charge in [-0.3, -0.25) is 4.90 Å². The Morgan fingerprint density at radius 3 is 2.48 bits per heavy atom. The summed E-state index contributed by atoms with van der Waals surface area (Å²) in [6.45, 7) is 2.43. The van der Waals surface area contributed by atoms with E-state index in [-0.39, 0.29) is 23.3 Å². The van der Waals surface area contributed by atoms with Crippen LogP contribution in [0.25, 0.3) is 0 Å². The van der Waals surface area contributed by atoms with Crippen molar-refractivity contribution in [2.24, 2.45) is 0 Å². The lowest BCUT2D eigenvalue weighted by molar-refractivity contribution is -0.275. The zero-order valence-corrected chi connectivity index (χ0v) is 11.1. The Kier molecular flexibility index (Phi) is 5.10. The van der Waals surface area contributed by atoms with Crippen molar-refractivity contribution in [2.45, 2.75) is 12.9 Å². The quantitative estimate of drug-likeness (QED) is 0.773. The summed E-state index contributed by atoms with van der Waals surface area (Å²) < 4.78 is 46.4. The number of hydrogen-bond donors (Lipinski definition) is 2. The van der Waals surface area contributed by atoms with E-state index in [0.717, 1.165) is 6.07 Å². The molecular weight excluding hydrogens is 290 g/mol. The summed E-state index contributed by atoms with van der Waals surface area (Å²) >= 11 is 0. The van der Waals surface area contributed by atoms with Crippen molar-refractivity contribution >= 4 is 12.6 Å². The second-order valence-electron chi connectivity index (χ2n) is 4.68. The number of hydrogen-bond acceptors (Lipinski definition) is 5. The fraction of sp³-hybridized carbons (Fsp3) is 0.500. The highest BCUT2D eigenvalue weighted by molar-refractivity contribution is 6.58. The molecule has 0 bridgehead atoms. The third-order valence-electron chi connectivity index (χ3n) is 3.11. The van der Waals surface area contributed by atoms with E-state index in [1.807, 2.05) is 4.90 Å². The Morgan fingerprint density at radius 2 is 1.90 bits per heavy atom. The van der Waals surface area contributed by atoms with Gasteiger partial charge in [0, 0.05) is 25.2 Å². The first kappa shape index (κ1) is 16.1. The summed E-state index contributed by atoms with van der Waals surface area (Å²) in [5.74, 6) is -0.335. The van der Waals surface area contributed by atoms with Crippen LogP contribution in [-0.4, -0.2) is 54.7 Å². The smallest absolute Gasteiger partial charge is 0.423 e. The molecule has 0 radical (unpaired) electrons. The number of rotatable bonds is 4. The highest BCUT2D eigenvalue weighted by Gasteiger charge is 2.32. The number of ether oxygens (including phenoxy) is 2. The lowest BCUT2D eigenvalue weighted by Crippen LogP contribution is -2.37. The lowest BCUT2D eigenvalue weighted by atomic mass is 9.79. The molecule has 1 aromatic carbocycles. The minimum atomic E-state index is -4.79. The first-order valence-electron chi connectivity index (χ1n) is 6.40. The Labute approximate surface area is 120 Å². The van der Waals surface area contributed by atoms with Gasteiger partial charge in [-0.15, -0.1) is 13.2 Å². The van der Waals surface area contributed by atoms with Gasteiger partial charge in [-0.25, -0.2) is 0 Å². The van der Waals surface area contributed by atoms with Crippen LogP contribution in [0.2, 0.25) is 0 Å². The van der Waals surface area contributed by atoms with E-state index >= 15 is 0 Å². The van der Waals surface area contributed by atoms with Gasteiger partial charge in [-0.1, -0.05) is 12.1 Å². The van der Waals surface area contributed by atoms with Gasteiger partial charge in [-0.05, 0) is 11.5 Å². The monoisotopic (exact) mass is 305 g/mol. The zero-order chi connectivity index (χ0) is 15.5. The minimum Gasteiger partial charge on any atom is -0.423 e. The van der Waals surface area contributed by atoms with Crippen molar-refractivity contribution in [3.05, 3.63) is 23.8 Å². The molecule has 116 valence electrons. The summed E-state index contributed by atoms with van der Waals surface area (Å²) in [5, 5.41) is 18.3. The van der Waals surface area contributed by atoms with Crippen molar-refractivity contribution in [2.75, 3.05) is 26.3 Å². The maximum Gasteiger partial charge on any atom is 0.573 e. The molecule has 1 aliphatic heterocycles. The number of nitrogens with zero attached hydrogens (tertiary/aromatic N) is 1. The van der Waals surface area contributed by atoms with Gasteiger partial charge in [0.25, 0.3) is 0 Å². The summed E-state index contributed by atoms with van der Waals surface area (Å²) in [4.78, 5) is 1.91. The molecule has 1 aliphatic rings. The molecule has 2 N–H and O–H groups in total. The second kappa shape index (κ2) is 6.65. The van der Waals surface area contributed by atoms with Gasteiger partial charge >= 0.3 is 13.5 Å². The van der Waals surface area contributed by atoms with E-state index in [4.69, 9.17) is 14.8 Å². The predicted octanol–water partition coefficient (Wildman–Crippen LogP) is 0.0972. The van der Waals surface area contributed by atoms with Gasteiger partial charge < -0.3 is 19.5 Å². The van der Waals surface area contributed by atoms with Crippen LogP contribution in [0.5, 0.6) is 5.75 Å². The molecule has 2 rings (SSSR count). The van der Waals surface area contributed by atoms with E-state index in [2.05, 4.69) is 4.74 Å². The molecule has 9 heteroatoms. The SMILES string of the molecule is OB(O)c1ccc(OC(F)(F)F)c(CN2CCOCC2)c1. The molecule has 1 heterocycles. The zero-order valence-electron chi connectivity index (χ0n) is 11.1. The Hall–Kier alpha value is -1.29. The molecule has 0 saturated carbocycles. The van der Waals surface area contributed by atoms with E-state index in [1.165, 1.54) is 12.1 Å². The van der Waals surface area contributed by atoms with Crippen LogP contribution in [0.3, 0.4) is 0 Å².